The van der Waals surface area contributed by atoms with Crippen LogP contribution >= 0.6 is 0 Å². The van der Waals surface area contributed by atoms with E-state index in [1.54, 1.807) is 0 Å². The van der Waals surface area contributed by atoms with Crippen molar-refractivity contribution in [1.29, 1.82) is 0 Å². The zero-order chi connectivity index (χ0) is 17.0. The summed E-state index contributed by atoms with van der Waals surface area (Å²) in [5.41, 5.74) is 2.16. The number of nitrogens with zero attached hydrogens (tertiary/aromatic N) is 1. The molecule has 0 saturated carbocycles. The number of carbonyl (C=O) groups is 1. The smallest absolute Gasteiger partial charge is 0.407 e. The van der Waals surface area contributed by atoms with Crippen molar-refractivity contribution in [2.75, 3.05) is 13.1 Å². The maximum Gasteiger partial charge on any atom is 0.407 e. The fourth-order valence-electron chi connectivity index (χ4n) is 3.24. The normalized spacial score (nSPS) is 22.7. The van der Waals surface area contributed by atoms with Crippen LogP contribution in [0.4, 0.5) is 4.79 Å². The monoisotopic (exact) mass is 318 g/mol. The van der Waals surface area contributed by atoms with Gasteiger partial charge in [0.05, 0.1) is 0 Å². The topological polar surface area (TPSA) is 41.6 Å². The summed E-state index contributed by atoms with van der Waals surface area (Å²) in [6.45, 7) is 12.9. The van der Waals surface area contributed by atoms with Crippen LogP contribution in [0.1, 0.15) is 45.2 Å². The van der Waals surface area contributed by atoms with E-state index in [1.165, 1.54) is 11.1 Å². The fourth-order valence-corrected chi connectivity index (χ4v) is 3.24. The Morgan fingerprint density at radius 2 is 2.09 bits per heavy atom. The van der Waals surface area contributed by atoms with Crippen LogP contribution < -0.4 is 5.32 Å². The fraction of sp³-hybridized carbons (Fsp3) is 0.632. The molecule has 0 radical (unpaired) electrons. The van der Waals surface area contributed by atoms with Crippen molar-refractivity contribution in [2.45, 2.75) is 59.2 Å². The molecule has 1 aromatic carbocycles. The molecule has 128 valence electrons. The van der Waals surface area contributed by atoms with Gasteiger partial charge in [-0.3, -0.25) is 4.90 Å². The summed E-state index contributed by atoms with van der Waals surface area (Å²) in [7, 11) is 0. The molecule has 0 aromatic heterocycles. The molecule has 1 aliphatic rings. The van der Waals surface area contributed by atoms with Crippen LogP contribution in [-0.4, -0.2) is 35.7 Å². The highest BCUT2D eigenvalue weighted by atomic mass is 16.6. The molecule has 1 N–H and O–H groups in total. The van der Waals surface area contributed by atoms with Crippen LogP contribution in [0, 0.1) is 12.8 Å². The highest BCUT2D eigenvalue weighted by Gasteiger charge is 2.27. The van der Waals surface area contributed by atoms with Crippen LogP contribution in [0.25, 0.3) is 0 Å². The van der Waals surface area contributed by atoms with Gasteiger partial charge in [0.25, 0.3) is 0 Å². The van der Waals surface area contributed by atoms with Crippen molar-refractivity contribution in [3.8, 4) is 0 Å². The average molecular weight is 318 g/mol. The molecule has 0 aliphatic carbocycles. The molecule has 0 spiro atoms. The molecular formula is C19H30N2O2. The number of ether oxygens (including phenoxy) is 1. The lowest BCUT2D eigenvalue weighted by atomic mass is 9.95. The first-order valence-electron chi connectivity index (χ1n) is 8.48. The standard InChI is InChI=1S/C19H30N2O2/c1-14-7-6-8-16(9-14)12-21-11-15(2)10-17(13-21)20-18(22)23-19(3,4)5/h6-9,15,17H,10-13H2,1-5H3,(H,20,22). The van der Waals surface area contributed by atoms with Gasteiger partial charge in [-0.25, -0.2) is 4.79 Å². The molecule has 1 aromatic rings. The van der Waals surface area contributed by atoms with Gasteiger partial charge in [-0.2, -0.15) is 0 Å². The predicted molar refractivity (Wildman–Crippen MR) is 93.4 cm³/mol. The van der Waals surface area contributed by atoms with Gasteiger partial charge in [0.2, 0.25) is 0 Å². The molecule has 1 aliphatic heterocycles. The zero-order valence-corrected chi connectivity index (χ0v) is 15.1. The minimum absolute atomic E-state index is 0.151. The van der Waals surface area contributed by atoms with Crippen molar-refractivity contribution in [2.24, 2.45) is 5.92 Å². The number of alkyl carbamates (subject to hydrolysis) is 1. The van der Waals surface area contributed by atoms with E-state index in [1.807, 2.05) is 20.8 Å². The molecule has 4 nitrogen and oxygen atoms in total. The van der Waals surface area contributed by atoms with Crippen LogP contribution in [0.5, 0.6) is 0 Å². The van der Waals surface area contributed by atoms with Gasteiger partial charge in [-0.15, -0.1) is 0 Å². The number of piperidine rings is 1. The Hall–Kier alpha value is -1.55. The lowest BCUT2D eigenvalue weighted by Crippen LogP contribution is -2.50. The van der Waals surface area contributed by atoms with Gasteiger partial charge in [0, 0.05) is 25.7 Å². The van der Waals surface area contributed by atoms with Crippen LogP contribution in [-0.2, 0) is 11.3 Å². The van der Waals surface area contributed by atoms with Gasteiger partial charge < -0.3 is 10.1 Å². The van der Waals surface area contributed by atoms with E-state index in [0.717, 1.165) is 26.1 Å². The number of carbonyl (C=O) groups excluding carboxylic acids is 1. The van der Waals surface area contributed by atoms with Crippen molar-refractivity contribution < 1.29 is 9.53 Å². The number of amides is 1. The number of hydrogen-bond donors (Lipinski definition) is 1. The first-order chi connectivity index (χ1) is 10.7. The molecule has 0 bridgehead atoms. The van der Waals surface area contributed by atoms with Crippen molar-refractivity contribution in [3.05, 3.63) is 35.4 Å². The first kappa shape index (κ1) is 17.8. The Kier molecular flexibility index (Phi) is 5.69. The second-order valence-electron chi connectivity index (χ2n) is 7.87. The molecule has 2 unspecified atom stereocenters. The second-order valence-corrected chi connectivity index (χ2v) is 7.87. The number of nitrogens with one attached hydrogen (secondary N) is 1. The van der Waals surface area contributed by atoms with E-state index in [9.17, 15) is 4.79 Å². The number of benzene rings is 1. The highest BCUT2D eigenvalue weighted by Crippen LogP contribution is 2.19. The lowest BCUT2D eigenvalue weighted by Gasteiger charge is -2.37. The minimum Gasteiger partial charge on any atom is -0.444 e. The molecule has 1 heterocycles. The van der Waals surface area contributed by atoms with Crippen molar-refractivity contribution in [1.82, 2.24) is 10.2 Å². The Morgan fingerprint density at radius 3 is 2.74 bits per heavy atom. The molecule has 23 heavy (non-hydrogen) atoms. The molecule has 4 heteroatoms. The Bertz CT molecular complexity index is 536. The number of rotatable bonds is 3. The van der Waals surface area contributed by atoms with E-state index in [0.29, 0.717) is 5.92 Å². The lowest BCUT2D eigenvalue weighted by molar-refractivity contribution is 0.0450. The molecule has 1 fully saturated rings. The summed E-state index contributed by atoms with van der Waals surface area (Å²) in [6.07, 6.45) is 0.691. The summed E-state index contributed by atoms with van der Waals surface area (Å²) in [5.74, 6) is 0.563. The van der Waals surface area contributed by atoms with Crippen molar-refractivity contribution in [3.63, 3.8) is 0 Å². The van der Waals surface area contributed by atoms with Gasteiger partial charge in [-0.05, 0) is 45.6 Å². The van der Waals surface area contributed by atoms with E-state index in [-0.39, 0.29) is 12.1 Å². The Labute approximate surface area is 140 Å². The summed E-state index contributed by atoms with van der Waals surface area (Å²) in [5, 5.41) is 3.03. The van der Waals surface area contributed by atoms with Gasteiger partial charge >= 0.3 is 6.09 Å². The molecule has 2 atom stereocenters. The van der Waals surface area contributed by atoms with E-state index in [2.05, 4.69) is 48.3 Å². The maximum absolute atomic E-state index is 12.0. The summed E-state index contributed by atoms with van der Waals surface area (Å²) >= 11 is 0. The van der Waals surface area contributed by atoms with Gasteiger partial charge in [0.1, 0.15) is 5.60 Å². The predicted octanol–water partition coefficient (Wildman–Crippen LogP) is 3.73. The Morgan fingerprint density at radius 1 is 1.35 bits per heavy atom. The summed E-state index contributed by atoms with van der Waals surface area (Å²) < 4.78 is 5.38. The highest BCUT2D eigenvalue weighted by molar-refractivity contribution is 5.68. The van der Waals surface area contributed by atoms with E-state index in [4.69, 9.17) is 4.74 Å². The van der Waals surface area contributed by atoms with Gasteiger partial charge in [0.15, 0.2) is 0 Å². The SMILES string of the molecule is Cc1cccc(CN2CC(C)CC(NC(=O)OC(C)(C)C)C2)c1. The summed E-state index contributed by atoms with van der Waals surface area (Å²) in [4.78, 5) is 14.4. The summed E-state index contributed by atoms with van der Waals surface area (Å²) in [6, 6.07) is 8.78. The number of aryl methyl sites for hydroxylation is 1. The maximum atomic E-state index is 12.0. The zero-order valence-electron chi connectivity index (χ0n) is 15.1. The van der Waals surface area contributed by atoms with E-state index < -0.39 is 5.60 Å². The molecule has 1 amide bonds. The minimum atomic E-state index is -0.453. The first-order valence-corrected chi connectivity index (χ1v) is 8.48. The van der Waals surface area contributed by atoms with Gasteiger partial charge in [-0.1, -0.05) is 36.8 Å². The third-order valence-corrected chi connectivity index (χ3v) is 3.94. The molecular weight excluding hydrogens is 288 g/mol. The quantitative estimate of drug-likeness (QED) is 0.923. The van der Waals surface area contributed by atoms with Crippen LogP contribution in [0.3, 0.4) is 0 Å². The van der Waals surface area contributed by atoms with Crippen LogP contribution in [0.15, 0.2) is 24.3 Å². The third-order valence-electron chi connectivity index (χ3n) is 3.94. The largest absolute Gasteiger partial charge is 0.444 e. The second kappa shape index (κ2) is 7.35. The Balaban J connectivity index is 1.92. The third kappa shape index (κ3) is 6.22. The average Bonchev–Trinajstić information content (AvgIpc) is 2.35. The molecule has 2 rings (SSSR count). The van der Waals surface area contributed by atoms with Crippen molar-refractivity contribution >= 4 is 6.09 Å². The molecule has 1 saturated heterocycles. The van der Waals surface area contributed by atoms with E-state index >= 15 is 0 Å². The number of hydrogen-bond acceptors (Lipinski definition) is 3. The number of likely N-dealkylation sites (tertiary alicyclic amines) is 1. The van der Waals surface area contributed by atoms with Crippen LogP contribution in [0.2, 0.25) is 0 Å².